The molecule has 0 spiro atoms. The van der Waals surface area contributed by atoms with Crippen molar-refractivity contribution in [3.63, 3.8) is 0 Å². The van der Waals surface area contributed by atoms with Crippen LogP contribution in [0.2, 0.25) is 0 Å². The Hall–Kier alpha value is -0.770. The smallest absolute Gasteiger partial charge is 0.119 e. The van der Waals surface area contributed by atoms with Crippen LogP contribution in [0.1, 0.15) is 18.4 Å². The maximum Gasteiger partial charge on any atom is 0.119 e. The van der Waals surface area contributed by atoms with Crippen molar-refractivity contribution in [3.8, 4) is 5.75 Å². The van der Waals surface area contributed by atoms with Crippen molar-refractivity contribution >= 4 is 12.4 Å². The van der Waals surface area contributed by atoms with Crippen LogP contribution in [0.15, 0.2) is 24.3 Å². The van der Waals surface area contributed by atoms with Gasteiger partial charge in [0.2, 0.25) is 0 Å². The Morgan fingerprint density at radius 2 is 2.28 bits per heavy atom. The molecule has 4 heteroatoms. The van der Waals surface area contributed by atoms with Gasteiger partial charge in [0.05, 0.1) is 0 Å². The quantitative estimate of drug-likeness (QED) is 0.912. The van der Waals surface area contributed by atoms with E-state index in [9.17, 15) is 0 Å². The van der Waals surface area contributed by atoms with Crippen molar-refractivity contribution in [3.05, 3.63) is 29.8 Å². The molecule has 0 saturated carbocycles. The molecule has 0 unspecified atom stereocenters. The summed E-state index contributed by atoms with van der Waals surface area (Å²) in [6.45, 7) is 5.97. The molecule has 102 valence electrons. The summed E-state index contributed by atoms with van der Waals surface area (Å²) in [4.78, 5) is 2.39. The lowest BCUT2D eigenvalue weighted by Gasteiger charge is -2.30. The number of ether oxygens (including phenoxy) is 1. The summed E-state index contributed by atoms with van der Waals surface area (Å²) in [5, 5.41) is 0. The Morgan fingerprint density at radius 1 is 1.44 bits per heavy atom. The van der Waals surface area contributed by atoms with Crippen LogP contribution in [0, 0.1) is 6.92 Å². The third-order valence-electron chi connectivity index (χ3n) is 3.21. The molecule has 0 aliphatic carbocycles. The fraction of sp³-hybridized carbons (Fsp3) is 0.571. The molecule has 1 aliphatic heterocycles. The lowest BCUT2D eigenvalue weighted by molar-refractivity contribution is 0.171. The molecule has 2 N–H and O–H groups in total. The maximum absolute atomic E-state index is 5.95. The second-order valence-electron chi connectivity index (χ2n) is 4.87. The number of halogens is 1. The highest BCUT2D eigenvalue weighted by atomic mass is 35.5. The van der Waals surface area contributed by atoms with E-state index in [2.05, 4.69) is 24.0 Å². The summed E-state index contributed by atoms with van der Waals surface area (Å²) in [6, 6.07) is 8.54. The molecule has 1 aromatic carbocycles. The summed E-state index contributed by atoms with van der Waals surface area (Å²) in [5.41, 5.74) is 7.18. The van der Waals surface area contributed by atoms with Crippen LogP contribution >= 0.6 is 12.4 Å². The minimum atomic E-state index is 0. The largest absolute Gasteiger partial charge is 0.492 e. The monoisotopic (exact) mass is 270 g/mol. The number of likely N-dealkylation sites (tertiary alicyclic amines) is 1. The molecule has 18 heavy (non-hydrogen) atoms. The molecule has 1 aromatic rings. The predicted molar refractivity (Wildman–Crippen MR) is 77.6 cm³/mol. The van der Waals surface area contributed by atoms with Gasteiger partial charge in [-0.2, -0.15) is 0 Å². The Kier molecular flexibility index (Phi) is 6.47. The number of aryl methyl sites for hydroxylation is 1. The first-order valence-electron chi connectivity index (χ1n) is 6.41. The first-order chi connectivity index (χ1) is 8.24. The number of piperidine rings is 1. The van der Waals surface area contributed by atoms with Crippen molar-refractivity contribution in [2.24, 2.45) is 5.73 Å². The molecule has 1 fully saturated rings. The lowest BCUT2D eigenvalue weighted by atomic mass is 10.1. The Morgan fingerprint density at radius 3 is 3.00 bits per heavy atom. The molecule has 2 rings (SSSR count). The van der Waals surface area contributed by atoms with Crippen molar-refractivity contribution in [1.82, 2.24) is 4.90 Å². The van der Waals surface area contributed by atoms with Gasteiger partial charge < -0.3 is 10.5 Å². The number of hydrogen-bond acceptors (Lipinski definition) is 3. The normalized spacial score (nSPS) is 20.2. The Balaban J connectivity index is 0.00000162. The second-order valence-corrected chi connectivity index (χ2v) is 4.87. The van der Waals surface area contributed by atoms with Gasteiger partial charge in [-0.3, -0.25) is 4.90 Å². The molecule has 1 saturated heterocycles. The highest BCUT2D eigenvalue weighted by Crippen LogP contribution is 2.13. The summed E-state index contributed by atoms with van der Waals surface area (Å²) in [6.07, 6.45) is 2.38. The van der Waals surface area contributed by atoms with Crippen molar-refractivity contribution in [1.29, 1.82) is 0 Å². The van der Waals surface area contributed by atoms with Gasteiger partial charge >= 0.3 is 0 Å². The highest BCUT2D eigenvalue weighted by Gasteiger charge is 2.15. The SMILES string of the molecule is Cc1cccc(OCCN2CCC[C@@H](N)C2)c1.Cl. The van der Waals surface area contributed by atoms with Crippen LogP contribution in [0.25, 0.3) is 0 Å². The Bertz CT molecular complexity index is 359. The van der Waals surface area contributed by atoms with Crippen LogP contribution in [-0.4, -0.2) is 37.2 Å². The van der Waals surface area contributed by atoms with Crippen LogP contribution in [-0.2, 0) is 0 Å². The topological polar surface area (TPSA) is 38.5 Å². The lowest BCUT2D eigenvalue weighted by Crippen LogP contribution is -2.44. The van der Waals surface area contributed by atoms with E-state index in [1.807, 2.05) is 12.1 Å². The molecule has 0 bridgehead atoms. The number of rotatable bonds is 4. The third kappa shape index (κ3) is 4.84. The van der Waals surface area contributed by atoms with Gasteiger partial charge in [0.25, 0.3) is 0 Å². The van der Waals surface area contributed by atoms with Crippen molar-refractivity contribution in [2.45, 2.75) is 25.8 Å². The molecule has 3 nitrogen and oxygen atoms in total. The van der Waals surface area contributed by atoms with E-state index >= 15 is 0 Å². The predicted octanol–water partition coefficient (Wildman–Crippen LogP) is 2.22. The van der Waals surface area contributed by atoms with Gasteiger partial charge in [0, 0.05) is 19.1 Å². The van der Waals surface area contributed by atoms with E-state index in [1.54, 1.807) is 0 Å². The van der Waals surface area contributed by atoms with E-state index in [4.69, 9.17) is 10.5 Å². The standard InChI is InChI=1S/C14H22N2O.ClH/c1-12-4-2-6-14(10-12)17-9-8-16-7-3-5-13(15)11-16;/h2,4,6,10,13H,3,5,7-9,11,15H2,1H3;1H/t13-;/m1./s1. The number of benzene rings is 1. The zero-order chi connectivity index (χ0) is 12.1. The van der Waals surface area contributed by atoms with E-state index in [1.165, 1.54) is 12.0 Å². The minimum absolute atomic E-state index is 0. The summed E-state index contributed by atoms with van der Waals surface area (Å²) in [5.74, 6) is 0.964. The minimum Gasteiger partial charge on any atom is -0.492 e. The Labute approximate surface area is 116 Å². The van der Waals surface area contributed by atoms with Crippen LogP contribution in [0.4, 0.5) is 0 Å². The number of hydrogen-bond donors (Lipinski definition) is 1. The highest BCUT2D eigenvalue weighted by molar-refractivity contribution is 5.85. The molecule has 0 radical (unpaired) electrons. The summed E-state index contributed by atoms with van der Waals surface area (Å²) < 4.78 is 5.74. The number of nitrogens with zero attached hydrogens (tertiary/aromatic N) is 1. The van der Waals surface area contributed by atoms with Gasteiger partial charge in [-0.1, -0.05) is 12.1 Å². The van der Waals surface area contributed by atoms with Crippen molar-refractivity contribution < 1.29 is 4.74 Å². The first-order valence-corrected chi connectivity index (χ1v) is 6.41. The average molecular weight is 271 g/mol. The van der Waals surface area contributed by atoms with Gasteiger partial charge in [-0.05, 0) is 44.0 Å². The molecule has 1 atom stereocenters. The van der Waals surface area contributed by atoms with E-state index in [0.717, 1.165) is 38.4 Å². The third-order valence-corrected chi connectivity index (χ3v) is 3.21. The van der Waals surface area contributed by atoms with Crippen molar-refractivity contribution in [2.75, 3.05) is 26.2 Å². The van der Waals surface area contributed by atoms with Gasteiger partial charge in [0.1, 0.15) is 12.4 Å². The van der Waals surface area contributed by atoms with Gasteiger partial charge in [0.15, 0.2) is 0 Å². The van der Waals surface area contributed by atoms with E-state index in [-0.39, 0.29) is 12.4 Å². The van der Waals surface area contributed by atoms with Crippen LogP contribution < -0.4 is 10.5 Å². The first kappa shape index (κ1) is 15.3. The average Bonchev–Trinajstić information content (AvgIpc) is 2.29. The molecular formula is C14H23ClN2O. The zero-order valence-electron chi connectivity index (χ0n) is 11.0. The van der Waals surface area contributed by atoms with Crippen LogP contribution in [0.3, 0.4) is 0 Å². The fourth-order valence-electron chi connectivity index (χ4n) is 2.29. The molecule has 1 heterocycles. The zero-order valence-corrected chi connectivity index (χ0v) is 11.8. The molecule has 1 aliphatic rings. The van der Waals surface area contributed by atoms with Gasteiger partial charge in [-0.15, -0.1) is 12.4 Å². The number of nitrogens with two attached hydrogens (primary N) is 1. The molecule has 0 aromatic heterocycles. The van der Waals surface area contributed by atoms with E-state index in [0.29, 0.717) is 6.04 Å². The summed E-state index contributed by atoms with van der Waals surface area (Å²) >= 11 is 0. The van der Waals surface area contributed by atoms with Crippen LogP contribution in [0.5, 0.6) is 5.75 Å². The molecule has 0 amide bonds. The maximum atomic E-state index is 5.95. The second kappa shape index (κ2) is 7.62. The summed E-state index contributed by atoms with van der Waals surface area (Å²) in [7, 11) is 0. The molecular weight excluding hydrogens is 248 g/mol. The van der Waals surface area contributed by atoms with E-state index < -0.39 is 0 Å². The van der Waals surface area contributed by atoms with Gasteiger partial charge in [-0.25, -0.2) is 0 Å². The fourth-order valence-corrected chi connectivity index (χ4v) is 2.29.